The maximum atomic E-state index is 12.1. The van der Waals surface area contributed by atoms with Crippen molar-refractivity contribution in [2.24, 2.45) is 0 Å². The molecule has 3 aromatic carbocycles. The molecule has 142 valence electrons. The van der Waals surface area contributed by atoms with Crippen molar-refractivity contribution in [2.45, 2.75) is 26.4 Å². The highest BCUT2D eigenvalue weighted by molar-refractivity contribution is 5.71. The van der Waals surface area contributed by atoms with Crippen molar-refractivity contribution >= 4 is 11.8 Å². The van der Waals surface area contributed by atoms with E-state index in [1.807, 2.05) is 55.5 Å². The lowest BCUT2D eigenvalue weighted by molar-refractivity contribution is 0.200. The predicted molar refractivity (Wildman–Crippen MR) is 112 cm³/mol. The zero-order chi connectivity index (χ0) is 19.3. The summed E-state index contributed by atoms with van der Waals surface area (Å²) in [6.45, 7) is 4.37. The number of carbonyl (C=O) groups excluding carboxylic acids is 1. The summed E-state index contributed by atoms with van der Waals surface area (Å²) in [5, 5.41) is 2.80. The smallest absolute Gasteiger partial charge is 0.410 e. The molecule has 0 saturated carbocycles. The zero-order valence-electron chi connectivity index (χ0n) is 16.0. The molecular weight excluding hydrogens is 348 g/mol. The van der Waals surface area contributed by atoms with Crippen LogP contribution in [0.3, 0.4) is 0 Å². The van der Waals surface area contributed by atoms with Crippen molar-refractivity contribution in [1.82, 2.24) is 5.32 Å². The Morgan fingerprint density at radius 3 is 2.57 bits per heavy atom. The second-order valence-electron chi connectivity index (χ2n) is 7.18. The van der Waals surface area contributed by atoms with Crippen molar-refractivity contribution in [3.63, 3.8) is 0 Å². The molecule has 1 heterocycles. The summed E-state index contributed by atoms with van der Waals surface area (Å²) < 4.78 is 5.47. The fourth-order valence-corrected chi connectivity index (χ4v) is 3.50. The van der Waals surface area contributed by atoms with Crippen LogP contribution in [0.4, 0.5) is 10.5 Å². The predicted octanol–water partition coefficient (Wildman–Crippen LogP) is 4.85. The summed E-state index contributed by atoms with van der Waals surface area (Å²) in [6, 6.07) is 24.4. The van der Waals surface area contributed by atoms with E-state index in [0.717, 1.165) is 25.1 Å². The molecule has 0 radical (unpaired) electrons. The molecule has 1 amide bonds. The first kappa shape index (κ1) is 18.1. The Morgan fingerprint density at radius 2 is 1.79 bits per heavy atom. The lowest BCUT2D eigenvalue weighted by Crippen LogP contribution is -2.26. The molecule has 4 heteroatoms. The molecule has 4 rings (SSSR count). The second kappa shape index (κ2) is 8.17. The number of aryl methyl sites for hydroxylation is 1. The molecule has 1 aliphatic heterocycles. The molecule has 0 aliphatic carbocycles. The number of benzene rings is 3. The van der Waals surface area contributed by atoms with Crippen LogP contribution in [0, 0.1) is 6.92 Å². The van der Waals surface area contributed by atoms with Gasteiger partial charge in [-0.3, -0.25) is 0 Å². The molecule has 0 unspecified atom stereocenters. The maximum absolute atomic E-state index is 12.1. The van der Waals surface area contributed by atoms with Gasteiger partial charge >= 0.3 is 6.09 Å². The average molecular weight is 372 g/mol. The molecule has 3 aromatic rings. The fourth-order valence-electron chi connectivity index (χ4n) is 3.50. The van der Waals surface area contributed by atoms with Crippen molar-refractivity contribution in [1.29, 1.82) is 0 Å². The Hall–Kier alpha value is -3.27. The highest BCUT2D eigenvalue weighted by Gasteiger charge is 2.20. The Morgan fingerprint density at radius 1 is 1.00 bits per heavy atom. The van der Waals surface area contributed by atoms with E-state index in [0.29, 0.717) is 12.3 Å². The Labute approximate surface area is 165 Å². The van der Waals surface area contributed by atoms with Gasteiger partial charge < -0.3 is 15.0 Å². The molecule has 0 fully saturated rings. The third-order valence-corrected chi connectivity index (χ3v) is 5.03. The van der Waals surface area contributed by atoms with Gasteiger partial charge in [0, 0.05) is 25.3 Å². The normalized spacial score (nSPS) is 12.5. The molecule has 0 aromatic heterocycles. The molecule has 4 nitrogen and oxygen atoms in total. The van der Waals surface area contributed by atoms with E-state index >= 15 is 0 Å². The van der Waals surface area contributed by atoms with E-state index in [4.69, 9.17) is 4.74 Å². The van der Waals surface area contributed by atoms with Gasteiger partial charge in [0.1, 0.15) is 5.75 Å². The molecule has 0 saturated heterocycles. The lowest BCUT2D eigenvalue weighted by atomic mass is 10.1. The van der Waals surface area contributed by atoms with Gasteiger partial charge in [0.15, 0.2) is 0 Å². The topological polar surface area (TPSA) is 41.6 Å². The maximum Gasteiger partial charge on any atom is 0.412 e. The van der Waals surface area contributed by atoms with Crippen LogP contribution in [0.1, 0.15) is 22.3 Å². The van der Waals surface area contributed by atoms with Gasteiger partial charge in [-0.25, -0.2) is 4.79 Å². The van der Waals surface area contributed by atoms with E-state index < -0.39 is 6.09 Å². The van der Waals surface area contributed by atoms with Gasteiger partial charge in [0.25, 0.3) is 0 Å². The Bertz CT molecular complexity index is 952. The van der Waals surface area contributed by atoms with Gasteiger partial charge in [-0.2, -0.15) is 0 Å². The van der Waals surface area contributed by atoms with Crippen molar-refractivity contribution < 1.29 is 9.53 Å². The van der Waals surface area contributed by atoms with Crippen molar-refractivity contribution in [3.05, 3.63) is 95.1 Å². The number of anilines is 1. The largest absolute Gasteiger partial charge is 0.412 e. The van der Waals surface area contributed by atoms with Gasteiger partial charge in [-0.1, -0.05) is 60.2 Å². The molecule has 1 aliphatic rings. The SMILES string of the molecule is Cc1ccc(CNC(=O)Oc2ccc3c(c2)CCN3Cc2ccccc2)cc1. The number of fused-ring (bicyclic) bond motifs is 1. The summed E-state index contributed by atoms with van der Waals surface area (Å²) in [4.78, 5) is 14.5. The van der Waals surface area contributed by atoms with E-state index in [1.54, 1.807) is 0 Å². The standard InChI is InChI=1S/C24H24N2O2/c1-18-7-9-19(10-8-18)16-25-24(27)28-22-11-12-23-21(15-22)13-14-26(23)17-20-5-3-2-4-6-20/h2-12,15H,13-14,16-17H2,1H3,(H,25,27). The first-order chi connectivity index (χ1) is 13.7. The number of carbonyl (C=O) groups is 1. The summed E-state index contributed by atoms with van der Waals surface area (Å²) in [5.41, 5.74) is 5.99. The molecule has 0 atom stereocenters. The van der Waals surface area contributed by atoms with Crippen LogP contribution in [-0.4, -0.2) is 12.6 Å². The van der Waals surface area contributed by atoms with E-state index in [2.05, 4.69) is 34.5 Å². The van der Waals surface area contributed by atoms with E-state index in [1.165, 1.54) is 22.4 Å². The summed E-state index contributed by atoms with van der Waals surface area (Å²) >= 11 is 0. The number of amides is 1. The zero-order valence-corrected chi connectivity index (χ0v) is 16.0. The molecule has 0 bridgehead atoms. The third-order valence-electron chi connectivity index (χ3n) is 5.03. The minimum absolute atomic E-state index is 0.431. The minimum Gasteiger partial charge on any atom is -0.410 e. The Balaban J connectivity index is 1.35. The highest BCUT2D eigenvalue weighted by Crippen LogP contribution is 2.32. The van der Waals surface area contributed by atoms with Gasteiger partial charge in [0.2, 0.25) is 0 Å². The van der Waals surface area contributed by atoms with Crippen LogP contribution >= 0.6 is 0 Å². The fraction of sp³-hybridized carbons (Fsp3) is 0.208. The summed E-state index contributed by atoms with van der Waals surface area (Å²) in [7, 11) is 0. The Kier molecular flexibility index (Phi) is 5.29. The molecule has 0 spiro atoms. The lowest BCUT2D eigenvalue weighted by Gasteiger charge is -2.19. The number of hydrogen-bond donors (Lipinski definition) is 1. The van der Waals surface area contributed by atoms with Crippen LogP contribution in [0.5, 0.6) is 5.75 Å². The molecular formula is C24H24N2O2. The number of rotatable bonds is 5. The van der Waals surface area contributed by atoms with Gasteiger partial charge in [-0.15, -0.1) is 0 Å². The number of hydrogen-bond acceptors (Lipinski definition) is 3. The second-order valence-corrected chi connectivity index (χ2v) is 7.18. The van der Waals surface area contributed by atoms with Crippen LogP contribution in [0.15, 0.2) is 72.8 Å². The van der Waals surface area contributed by atoms with Crippen LogP contribution in [0.25, 0.3) is 0 Å². The molecule has 1 N–H and O–H groups in total. The number of ether oxygens (including phenoxy) is 1. The number of nitrogens with zero attached hydrogens (tertiary/aromatic N) is 1. The molecule has 28 heavy (non-hydrogen) atoms. The first-order valence-electron chi connectivity index (χ1n) is 9.60. The van der Waals surface area contributed by atoms with E-state index in [9.17, 15) is 4.79 Å². The minimum atomic E-state index is -0.431. The summed E-state index contributed by atoms with van der Waals surface area (Å²) in [5.74, 6) is 0.585. The quantitative estimate of drug-likeness (QED) is 0.696. The van der Waals surface area contributed by atoms with Gasteiger partial charge in [-0.05, 0) is 48.2 Å². The monoisotopic (exact) mass is 372 g/mol. The number of nitrogens with one attached hydrogen (secondary N) is 1. The first-order valence-corrected chi connectivity index (χ1v) is 9.60. The van der Waals surface area contributed by atoms with Crippen LogP contribution < -0.4 is 15.0 Å². The highest BCUT2D eigenvalue weighted by atomic mass is 16.6. The summed E-state index contributed by atoms with van der Waals surface area (Å²) in [6.07, 6.45) is 0.532. The van der Waals surface area contributed by atoms with E-state index in [-0.39, 0.29) is 0 Å². The van der Waals surface area contributed by atoms with Crippen LogP contribution in [0.2, 0.25) is 0 Å². The van der Waals surface area contributed by atoms with Gasteiger partial charge in [0.05, 0.1) is 0 Å². The average Bonchev–Trinajstić information content (AvgIpc) is 3.10. The van der Waals surface area contributed by atoms with Crippen molar-refractivity contribution in [2.75, 3.05) is 11.4 Å². The van der Waals surface area contributed by atoms with Crippen molar-refractivity contribution in [3.8, 4) is 5.75 Å². The third kappa shape index (κ3) is 4.34. The van der Waals surface area contributed by atoms with Crippen LogP contribution in [-0.2, 0) is 19.5 Å².